The highest BCUT2D eigenvalue weighted by atomic mass is 35.5. The maximum absolute atomic E-state index is 11.9. The van der Waals surface area contributed by atoms with Gasteiger partial charge in [-0.3, -0.25) is 4.79 Å². The molecule has 0 aliphatic carbocycles. The zero-order valence-corrected chi connectivity index (χ0v) is 13.9. The van der Waals surface area contributed by atoms with E-state index in [9.17, 15) is 4.79 Å². The van der Waals surface area contributed by atoms with Gasteiger partial charge in [-0.05, 0) is 48.5 Å². The van der Waals surface area contributed by atoms with Crippen LogP contribution in [-0.4, -0.2) is 12.1 Å². The minimum absolute atomic E-state index is 0.333. The Kier molecular flexibility index (Phi) is 4.99. The van der Waals surface area contributed by atoms with Crippen LogP contribution in [0.5, 0.6) is 0 Å². The summed E-state index contributed by atoms with van der Waals surface area (Å²) in [5, 5.41) is 5.06. The summed E-state index contributed by atoms with van der Waals surface area (Å²) in [6.45, 7) is 0. The molecule has 24 heavy (non-hydrogen) atoms. The predicted octanol–water partition coefficient (Wildman–Crippen LogP) is 5.02. The van der Waals surface area contributed by atoms with Gasteiger partial charge in [0.2, 0.25) is 0 Å². The van der Waals surface area contributed by atoms with Crippen molar-refractivity contribution >= 4 is 35.3 Å². The SMILES string of the molecule is O=C(N/N=C/c1ccc(-c2ccccc2Cl)o1)c1ccc(Cl)cc1. The van der Waals surface area contributed by atoms with Crippen molar-refractivity contribution in [2.45, 2.75) is 0 Å². The van der Waals surface area contributed by atoms with Crippen LogP contribution in [0.1, 0.15) is 16.1 Å². The molecule has 0 fully saturated rings. The predicted molar refractivity (Wildman–Crippen MR) is 95.7 cm³/mol. The van der Waals surface area contributed by atoms with E-state index in [1.165, 1.54) is 6.21 Å². The lowest BCUT2D eigenvalue weighted by Gasteiger charge is -1.99. The number of halogens is 2. The van der Waals surface area contributed by atoms with Crippen molar-refractivity contribution in [1.82, 2.24) is 5.43 Å². The Morgan fingerprint density at radius 3 is 2.50 bits per heavy atom. The number of benzene rings is 2. The van der Waals surface area contributed by atoms with E-state index in [4.69, 9.17) is 27.6 Å². The molecule has 0 radical (unpaired) electrons. The number of hydrogen-bond donors (Lipinski definition) is 1. The summed E-state index contributed by atoms with van der Waals surface area (Å²) in [5.41, 5.74) is 3.69. The number of furan rings is 1. The average molecular weight is 359 g/mol. The van der Waals surface area contributed by atoms with Gasteiger partial charge in [0.15, 0.2) is 0 Å². The molecule has 0 aliphatic rings. The summed E-state index contributed by atoms with van der Waals surface area (Å²) in [7, 11) is 0. The summed E-state index contributed by atoms with van der Waals surface area (Å²) in [4.78, 5) is 11.9. The molecule has 3 rings (SSSR count). The summed E-state index contributed by atoms with van der Waals surface area (Å²) < 4.78 is 5.65. The third-order valence-corrected chi connectivity index (χ3v) is 3.81. The lowest BCUT2D eigenvalue weighted by atomic mass is 10.2. The Bertz CT molecular complexity index is 886. The Hall–Kier alpha value is -2.56. The van der Waals surface area contributed by atoms with Gasteiger partial charge in [-0.1, -0.05) is 35.3 Å². The maximum atomic E-state index is 11.9. The standard InChI is InChI=1S/C18H12Cl2N2O2/c19-13-7-5-12(6-8-13)18(23)22-21-11-14-9-10-17(24-14)15-3-1-2-4-16(15)20/h1-11H,(H,22,23)/b21-11+. The zero-order valence-electron chi connectivity index (χ0n) is 12.4. The number of carbonyl (C=O) groups excluding carboxylic acids is 1. The molecular formula is C18H12Cl2N2O2. The van der Waals surface area contributed by atoms with E-state index in [0.29, 0.717) is 27.1 Å². The van der Waals surface area contributed by atoms with Gasteiger partial charge in [-0.2, -0.15) is 5.10 Å². The topological polar surface area (TPSA) is 54.6 Å². The Morgan fingerprint density at radius 2 is 1.75 bits per heavy atom. The highest BCUT2D eigenvalue weighted by Crippen LogP contribution is 2.28. The Labute approximate surface area is 148 Å². The molecule has 4 nitrogen and oxygen atoms in total. The quantitative estimate of drug-likeness (QED) is 0.525. The molecule has 1 amide bonds. The minimum Gasteiger partial charge on any atom is -0.455 e. The maximum Gasteiger partial charge on any atom is 0.271 e. The van der Waals surface area contributed by atoms with E-state index in [2.05, 4.69) is 10.5 Å². The summed E-state index contributed by atoms with van der Waals surface area (Å²) in [6.07, 6.45) is 1.42. The van der Waals surface area contributed by atoms with Crippen LogP contribution in [0.2, 0.25) is 10.0 Å². The number of nitrogens with zero attached hydrogens (tertiary/aromatic N) is 1. The van der Waals surface area contributed by atoms with E-state index >= 15 is 0 Å². The van der Waals surface area contributed by atoms with E-state index in [-0.39, 0.29) is 5.91 Å². The molecule has 0 saturated carbocycles. The molecule has 2 aromatic carbocycles. The van der Waals surface area contributed by atoms with Gasteiger partial charge in [0.25, 0.3) is 5.91 Å². The fourth-order valence-corrected chi connectivity index (χ4v) is 2.40. The zero-order chi connectivity index (χ0) is 16.9. The van der Waals surface area contributed by atoms with Crippen LogP contribution in [0, 0.1) is 0 Å². The fourth-order valence-electron chi connectivity index (χ4n) is 2.05. The number of hydrazone groups is 1. The normalized spacial score (nSPS) is 10.9. The summed E-state index contributed by atoms with van der Waals surface area (Å²) in [6, 6.07) is 17.5. The number of carbonyl (C=O) groups is 1. The van der Waals surface area contributed by atoms with Crippen LogP contribution in [0.25, 0.3) is 11.3 Å². The van der Waals surface area contributed by atoms with Crippen molar-refractivity contribution < 1.29 is 9.21 Å². The average Bonchev–Trinajstić information content (AvgIpc) is 3.04. The summed E-state index contributed by atoms with van der Waals surface area (Å²) >= 11 is 11.9. The molecule has 0 aliphatic heterocycles. The van der Waals surface area contributed by atoms with Gasteiger partial charge in [0, 0.05) is 16.1 Å². The van der Waals surface area contributed by atoms with Gasteiger partial charge in [0.1, 0.15) is 11.5 Å². The third kappa shape index (κ3) is 3.85. The first kappa shape index (κ1) is 16.3. The van der Waals surface area contributed by atoms with Crippen LogP contribution in [0.3, 0.4) is 0 Å². The minimum atomic E-state index is -0.333. The van der Waals surface area contributed by atoms with Crippen LogP contribution in [0.15, 0.2) is 70.2 Å². The van der Waals surface area contributed by atoms with E-state index in [0.717, 1.165) is 5.56 Å². The van der Waals surface area contributed by atoms with Crippen molar-refractivity contribution in [2.24, 2.45) is 5.10 Å². The lowest BCUT2D eigenvalue weighted by Crippen LogP contribution is -2.17. The first-order valence-corrected chi connectivity index (χ1v) is 7.83. The van der Waals surface area contributed by atoms with Gasteiger partial charge >= 0.3 is 0 Å². The van der Waals surface area contributed by atoms with Crippen LogP contribution in [-0.2, 0) is 0 Å². The van der Waals surface area contributed by atoms with Crippen molar-refractivity contribution in [3.63, 3.8) is 0 Å². The van der Waals surface area contributed by atoms with Gasteiger partial charge in [-0.25, -0.2) is 5.43 Å². The number of hydrogen-bond acceptors (Lipinski definition) is 3. The molecule has 120 valence electrons. The molecule has 3 aromatic rings. The van der Waals surface area contributed by atoms with E-state index < -0.39 is 0 Å². The smallest absolute Gasteiger partial charge is 0.271 e. The fraction of sp³-hybridized carbons (Fsp3) is 0. The van der Waals surface area contributed by atoms with E-state index in [1.807, 2.05) is 18.2 Å². The molecule has 0 saturated heterocycles. The highest BCUT2D eigenvalue weighted by Gasteiger charge is 2.07. The first-order chi connectivity index (χ1) is 11.6. The second-order valence-electron chi connectivity index (χ2n) is 4.89. The number of amides is 1. The van der Waals surface area contributed by atoms with E-state index in [1.54, 1.807) is 42.5 Å². The largest absolute Gasteiger partial charge is 0.455 e. The van der Waals surface area contributed by atoms with Crippen molar-refractivity contribution in [3.05, 3.63) is 82.0 Å². The second-order valence-corrected chi connectivity index (χ2v) is 5.73. The number of rotatable bonds is 4. The summed E-state index contributed by atoms with van der Waals surface area (Å²) in [5.74, 6) is 0.799. The molecule has 0 spiro atoms. The molecule has 6 heteroatoms. The molecule has 1 aromatic heterocycles. The molecule has 0 atom stereocenters. The molecular weight excluding hydrogens is 347 g/mol. The van der Waals surface area contributed by atoms with Crippen LogP contribution >= 0.6 is 23.2 Å². The van der Waals surface area contributed by atoms with Crippen molar-refractivity contribution in [2.75, 3.05) is 0 Å². The molecule has 1 heterocycles. The van der Waals surface area contributed by atoms with Crippen LogP contribution < -0.4 is 5.43 Å². The Balaban J connectivity index is 1.66. The van der Waals surface area contributed by atoms with Crippen molar-refractivity contribution in [1.29, 1.82) is 0 Å². The van der Waals surface area contributed by atoms with Crippen molar-refractivity contribution in [3.8, 4) is 11.3 Å². The van der Waals surface area contributed by atoms with Gasteiger partial charge in [0.05, 0.1) is 11.2 Å². The lowest BCUT2D eigenvalue weighted by molar-refractivity contribution is 0.0955. The second kappa shape index (κ2) is 7.34. The molecule has 0 unspecified atom stereocenters. The molecule has 1 N–H and O–H groups in total. The first-order valence-electron chi connectivity index (χ1n) is 7.07. The Morgan fingerprint density at radius 1 is 1.00 bits per heavy atom. The molecule has 0 bridgehead atoms. The monoisotopic (exact) mass is 358 g/mol. The van der Waals surface area contributed by atoms with Crippen LogP contribution in [0.4, 0.5) is 0 Å². The van der Waals surface area contributed by atoms with Gasteiger partial charge in [-0.15, -0.1) is 0 Å². The van der Waals surface area contributed by atoms with Gasteiger partial charge < -0.3 is 4.42 Å². The third-order valence-electron chi connectivity index (χ3n) is 3.23. The number of nitrogens with one attached hydrogen (secondary N) is 1. The highest BCUT2D eigenvalue weighted by molar-refractivity contribution is 6.33.